The molecule has 1 N–H and O–H groups in total. The number of piperidine rings is 1. The molecule has 0 aliphatic carbocycles. The van der Waals surface area contributed by atoms with Crippen LogP contribution < -0.4 is 5.32 Å². The minimum absolute atomic E-state index is 0.852. The molecule has 0 radical (unpaired) electrons. The summed E-state index contributed by atoms with van der Waals surface area (Å²) in [4.78, 5) is 4.17. The number of hydrogen-bond donors (Lipinski definition) is 1. The molecular weight excluding hydrogens is 232 g/mol. The number of hydrogen-bond acceptors (Lipinski definition) is 2. The SMILES string of the molecule is c1cncc(-c2ccc(CC3CCNCC3)cc2)c1. The van der Waals surface area contributed by atoms with Crippen molar-refractivity contribution in [3.63, 3.8) is 0 Å². The predicted molar refractivity (Wildman–Crippen MR) is 79.0 cm³/mol. The fraction of sp³-hybridized carbons (Fsp3) is 0.353. The molecule has 2 nitrogen and oxygen atoms in total. The monoisotopic (exact) mass is 252 g/mol. The van der Waals surface area contributed by atoms with Crippen molar-refractivity contribution in [2.45, 2.75) is 19.3 Å². The summed E-state index contributed by atoms with van der Waals surface area (Å²) < 4.78 is 0. The van der Waals surface area contributed by atoms with E-state index in [9.17, 15) is 0 Å². The second-order valence-corrected chi connectivity index (χ2v) is 5.34. The van der Waals surface area contributed by atoms with Gasteiger partial charge in [-0.2, -0.15) is 0 Å². The van der Waals surface area contributed by atoms with Crippen LogP contribution in [0.2, 0.25) is 0 Å². The van der Waals surface area contributed by atoms with E-state index in [4.69, 9.17) is 0 Å². The summed E-state index contributed by atoms with van der Waals surface area (Å²) in [5.74, 6) is 0.852. The van der Waals surface area contributed by atoms with E-state index in [2.05, 4.69) is 40.6 Å². The lowest BCUT2D eigenvalue weighted by molar-refractivity contribution is 0.372. The zero-order valence-electron chi connectivity index (χ0n) is 11.2. The Balaban J connectivity index is 1.68. The summed E-state index contributed by atoms with van der Waals surface area (Å²) in [6.45, 7) is 2.36. The highest BCUT2D eigenvalue weighted by atomic mass is 14.9. The van der Waals surface area contributed by atoms with Crippen molar-refractivity contribution >= 4 is 0 Å². The van der Waals surface area contributed by atoms with Gasteiger partial charge in [-0.1, -0.05) is 30.3 Å². The van der Waals surface area contributed by atoms with E-state index in [1.165, 1.54) is 49.0 Å². The zero-order chi connectivity index (χ0) is 12.9. The van der Waals surface area contributed by atoms with E-state index in [1.807, 2.05) is 18.5 Å². The third kappa shape index (κ3) is 3.21. The highest BCUT2D eigenvalue weighted by Gasteiger charge is 2.13. The largest absolute Gasteiger partial charge is 0.317 e. The first-order chi connectivity index (χ1) is 9.42. The van der Waals surface area contributed by atoms with Crippen LogP contribution in [0.15, 0.2) is 48.8 Å². The number of rotatable bonds is 3. The van der Waals surface area contributed by atoms with Crippen LogP contribution in [0.1, 0.15) is 18.4 Å². The van der Waals surface area contributed by atoms with Gasteiger partial charge in [0.25, 0.3) is 0 Å². The molecule has 19 heavy (non-hydrogen) atoms. The number of nitrogens with zero attached hydrogens (tertiary/aromatic N) is 1. The average molecular weight is 252 g/mol. The summed E-state index contributed by atoms with van der Waals surface area (Å²) in [7, 11) is 0. The van der Waals surface area contributed by atoms with Crippen LogP contribution >= 0.6 is 0 Å². The maximum Gasteiger partial charge on any atom is 0.0346 e. The molecule has 0 amide bonds. The fourth-order valence-corrected chi connectivity index (χ4v) is 2.79. The van der Waals surface area contributed by atoms with Gasteiger partial charge in [-0.05, 0) is 61.0 Å². The van der Waals surface area contributed by atoms with Gasteiger partial charge in [0.05, 0.1) is 0 Å². The molecule has 98 valence electrons. The number of pyridine rings is 1. The lowest BCUT2D eigenvalue weighted by Gasteiger charge is -2.22. The second-order valence-electron chi connectivity index (χ2n) is 5.34. The molecule has 0 spiro atoms. The van der Waals surface area contributed by atoms with E-state index < -0.39 is 0 Å². The van der Waals surface area contributed by atoms with Crippen molar-refractivity contribution in [3.8, 4) is 11.1 Å². The molecule has 1 fully saturated rings. The third-order valence-electron chi connectivity index (χ3n) is 3.93. The van der Waals surface area contributed by atoms with E-state index in [0.29, 0.717) is 0 Å². The number of benzene rings is 1. The molecule has 1 aliphatic rings. The van der Waals surface area contributed by atoms with Crippen LogP contribution in [-0.4, -0.2) is 18.1 Å². The lowest BCUT2D eigenvalue weighted by atomic mass is 9.90. The molecule has 0 atom stereocenters. The van der Waals surface area contributed by atoms with Crippen molar-refractivity contribution in [1.82, 2.24) is 10.3 Å². The molecule has 2 aromatic rings. The molecule has 0 saturated carbocycles. The summed E-state index contributed by atoms with van der Waals surface area (Å²) in [5, 5.41) is 3.42. The van der Waals surface area contributed by atoms with E-state index in [-0.39, 0.29) is 0 Å². The van der Waals surface area contributed by atoms with Crippen molar-refractivity contribution in [3.05, 3.63) is 54.4 Å². The van der Waals surface area contributed by atoms with Crippen LogP contribution in [-0.2, 0) is 6.42 Å². The first kappa shape index (κ1) is 12.4. The molecule has 0 unspecified atom stereocenters. The maximum absolute atomic E-state index is 4.17. The van der Waals surface area contributed by atoms with Crippen LogP contribution in [0.5, 0.6) is 0 Å². The Hall–Kier alpha value is -1.67. The van der Waals surface area contributed by atoms with Gasteiger partial charge in [0, 0.05) is 12.4 Å². The van der Waals surface area contributed by atoms with Crippen LogP contribution in [0.25, 0.3) is 11.1 Å². The third-order valence-corrected chi connectivity index (χ3v) is 3.93. The Bertz CT molecular complexity index is 499. The molecule has 1 aromatic heterocycles. The molecule has 3 rings (SSSR count). The molecule has 1 aliphatic heterocycles. The quantitative estimate of drug-likeness (QED) is 0.906. The van der Waals surface area contributed by atoms with Gasteiger partial charge in [-0.15, -0.1) is 0 Å². The highest BCUT2D eigenvalue weighted by Crippen LogP contribution is 2.22. The minimum atomic E-state index is 0.852. The van der Waals surface area contributed by atoms with Crippen LogP contribution in [0, 0.1) is 5.92 Å². The van der Waals surface area contributed by atoms with Gasteiger partial charge in [-0.3, -0.25) is 4.98 Å². The predicted octanol–water partition coefficient (Wildman–Crippen LogP) is 3.29. The standard InChI is InChI=1S/C17H20N2/c1-2-17(13-19-9-1)16-5-3-14(4-6-16)12-15-7-10-18-11-8-15/h1-6,9,13,15,18H,7-8,10-12H2. The van der Waals surface area contributed by atoms with Gasteiger partial charge in [0.15, 0.2) is 0 Å². The smallest absolute Gasteiger partial charge is 0.0346 e. The summed E-state index contributed by atoms with van der Waals surface area (Å²) in [6, 6.07) is 13.1. The highest BCUT2D eigenvalue weighted by molar-refractivity contribution is 5.62. The second kappa shape index (κ2) is 5.98. The normalized spacial score (nSPS) is 16.4. The topological polar surface area (TPSA) is 24.9 Å². The van der Waals surface area contributed by atoms with Gasteiger partial charge < -0.3 is 5.32 Å². The summed E-state index contributed by atoms with van der Waals surface area (Å²) in [6.07, 6.45) is 7.57. The molecular formula is C17H20N2. The summed E-state index contributed by atoms with van der Waals surface area (Å²) in [5.41, 5.74) is 3.90. The Labute approximate surface area is 114 Å². The summed E-state index contributed by atoms with van der Waals surface area (Å²) >= 11 is 0. The molecule has 1 aromatic carbocycles. The van der Waals surface area contributed by atoms with Gasteiger partial charge in [0.2, 0.25) is 0 Å². The molecule has 2 heteroatoms. The van der Waals surface area contributed by atoms with Gasteiger partial charge in [-0.25, -0.2) is 0 Å². The van der Waals surface area contributed by atoms with Crippen molar-refractivity contribution < 1.29 is 0 Å². The van der Waals surface area contributed by atoms with E-state index in [0.717, 1.165) is 5.92 Å². The van der Waals surface area contributed by atoms with Crippen LogP contribution in [0.3, 0.4) is 0 Å². The molecule has 2 heterocycles. The maximum atomic E-state index is 4.17. The van der Waals surface area contributed by atoms with Gasteiger partial charge in [0.1, 0.15) is 0 Å². The Morgan fingerprint density at radius 3 is 2.47 bits per heavy atom. The molecule has 0 bridgehead atoms. The Morgan fingerprint density at radius 1 is 1.00 bits per heavy atom. The Morgan fingerprint density at radius 2 is 1.79 bits per heavy atom. The van der Waals surface area contributed by atoms with Crippen LogP contribution in [0.4, 0.5) is 0 Å². The van der Waals surface area contributed by atoms with E-state index >= 15 is 0 Å². The number of aromatic nitrogens is 1. The minimum Gasteiger partial charge on any atom is -0.317 e. The first-order valence-corrected chi connectivity index (χ1v) is 7.12. The zero-order valence-corrected chi connectivity index (χ0v) is 11.2. The number of nitrogens with one attached hydrogen (secondary N) is 1. The average Bonchev–Trinajstić information content (AvgIpc) is 2.50. The first-order valence-electron chi connectivity index (χ1n) is 7.12. The van der Waals surface area contributed by atoms with E-state index in [1.54, 1.807) is 0 Å². The van der Waals surface area contributed by atoms with Crippen molar-refractivity contribution in [1.29, 1.82) is 0 Å². The van der Waals surface area contributed by atoms with Gasteiger partial charge >= 0.3 is 0 Å². The van der Waals surface area contributed by atoms with Crippen molar-refractivity contribution in [2.24, 2.45) is 5.92 Å². The lowest BCUT2D eigenvalue weighted by Crippen LogP contribution is -2.28. The van der Waals surface area contributed by atoms with Crippen molar-refractivity contribution in [2.75, 3.05) is 13.1 Å². The fourth-order valence-electron chi connectivity index (χ4n) is 2.79. The Kier molecular flexibility index (Phi) is 3.89. The molecule has 1 saturated heterocycles.